The van der Waals surface area contributed by atoms with Crippen LogP contribution in [0.5, 0.6) is 0 Å². The zero-order valence-corrected chi connectivity index (χ0v) is 23.6. The van der Waals surface area contributed by atoms with Gasteiger partial charge in [-0.1, -0.05) is 0 Å². The van der Waals surface area contributed by atoms with E-state index >= 15 is 0 Å². The van der Waals surface area contributed by atoms with E-state index in [1.807, 2.05) is 13.8 Å². The normalized spacial score (nSPS) is 27.1. The Hall–Kier alpha value is -0.390. The molecule has 2 heterocycles. The summed E-state index contributed by atoms with van der Waals surface area (Å²) in [6.07, 6.45) is -0.780. The van der Waals surface area contributed by atoms with E-state index in [1.165, 1.54) is 9.34 Å². The van der Waals surface area contributed by atoms with Gasteiger partial charge in [0.25, 0.3) is 5.91 Å². The maximum absolute atomic E-state index is 13.9. The molecule has 4 unspecified atom stereocenters. The molecule has 0 radical (unpaired) electrons. The van der Waals surface area contributed by atoms with Gasteiger partial charge in [-0.25, -0.2) is 18.7 Å². The molecule has 0 spiro atoms. The highest BCUT2D eigenvalue weighted by Gasteiger charge is 2.42. The molecule has 0 aromatic heterocycles. The Morgan fingerprint density at radius 3 is 2.15 bits per heavy atom. The Morgan fingerprint density at radius 1 is 1.06 bits per heavy atom. The molecule has 0 aliphatic carbocycles. The molecular weight excluding hydrogens is 484 g/mol. The monoisotopic (exact) mass is 527 g/mol. The number of nitrogens with zero attached hydrogens (tertiary/aromatic N) is 5. The maximum Gasteiger partial charge on any atom is 0.345 e. The summed E-state index contributed by atoms with van der Waals surface area (Å²) in [5, 5.41) is 0. The minimum absolute atomic E-state index is 0.0141. The minimum atomic E-state index is -3.67. The van der Waals surface area contributed by atoms with Crippen LogP contribution in [0, 0.1) is 0 Å². The fraction of sp³-hybridized carbons (Fsp3) is 0.950. The van der Waals surface area contributed by atoms with Crippen molar-refractivity contribution in [3.05, 3.63) is 0 Å². The molecule has 14 heteroatoms. The van der Waals surface area contributed by atoms with Gasteiger partial charge in [0.1, 0.15) is 5.60 Å². The molecule has 0 bridgehead atoms. The zero-order chi connectivity index (χ0) is 25.9. The Morgan fingerprint density at radius 2 is 1.65 bits per heavy atom. The summed E-state index contributed by atoms with van der Waals surface area (Å²) in [5.41, 5.74) is -0.905. The van der Waals surface area contributed by atoms with E-state index in [9.17, 15) is 18.8 Å². The van der Waals surface area contributed by atoms with E-state index in [4.69, 9.17) is 14.0 Å². The molecule has 4 atom stereocenters. The van der Waals surface area contributed by atoms with Crippen molar-refractivity contribution in [3.63, 3.8) is 0 Å². The highest BCUT2D eigenvalue weighted by molar-refractivity contribution is 7.54. The van der Waals surface area contributed by atoms with Gasteiger partial charge >= 0.3 is 15.3 Å². The van der Waals surface area contributed by atoms with Crippen molar-refractivity contribution in [2.24, 2.45) is 0 Å². The quantitative estimate of drug-likeness (QED) is 0.416. The molecule has 0 aromatic rings. The summed E-state index contributed by atoms with van der Waals surface area (Å²) >= 11 is 0. The molecule has 2 aliphatic rings. The molecule has 1 amide bonds. The molecule has 0 saturated carbocycles. The summed E-state index contributed by atoms with van der Waals surface area (Å²) in [7, 11) is -0.537. The Kier molecular flexibility index (Phi) is 10.3. The van der Waals surface area contributed by atoms with Gasteiger partial charge in [0.2, 0.25) is 0 Å². The van der Waals surface area contributed by atoms with Crippen molar-refractivity contribution in [1.29, 1.82) is 0 Å². The van der Waals surface area contributed by atoms with Crippen LogP contribution in [-0.4, -0.2) is 133 Å². The number of carbonyl (C=O) groups is 1. The average Bonchev–Trinajstić information content (AvgIpc) is 2.76. The third kappa shape index (κ3) is 6.88. The molecule has 34 heavy (non-hydrogen) atoms. The van der Waals surface area contributed by atoms with Crippen LogP contribution in [0.3, 0.4) is 0 Å². The second-order valence-electron chi connectivity index (χ2n) is 9.62. The summed E-state index contributed by atoms with van der Waals surface area (Å²) in [6, 6.07) is 0. The second kappa shape index (κ2) is 11.8. The van der Waals surface area contributed by atoms with Gasteiger partial charge in [-0.05, 0) is 55.9 Å². The smallest absolute Gasteiger partial charge is 0.345 e. The summed E-state index contributed by atoms with van der Waals surface area (Å²) < 4.78 is 50.2. The van der Waals surface area contributed by atoms with E-state index in [0.29, 0.717) is 39.3 Å². The maximum atomic E-state index is 13.9. The number of morpholine rings is 1. The number of amides is 1. The van der Waals surface area contributed by atoms with Gasteiger partial charge < -0.3 is 23.8 Å². The van der Waals surface area contributed by atoms with Gasteiger partial charge in [0.05, 0.1) is 18.8 Å². The zero-order valence-electron chi connectivity index (χ0n) is 21.8. The molecule has 2 rings (SSSR count). The first-order valence-electron chi connectivity index (χ1n) is 11.7. The van der Waals surface area contributed by atoms with Crippen LogP contribution < -0.4 is 0 Å². The lowest BCUT2D eigenvalue weighted by molar-refractivity contribution is -0.155. The highest BCUT2D eigenvalue weighted by atomic mass is 31.2. The standard InChI is InChI=1S/C20H43N5O7P2/c1-9-30-20(3,4)19(26)23-10-12-24(13-11-23)34(29,22(7)8)31-16-18-15-25(14-17(2)32-18)33(27,28)21(5)6/h17-18H,9-16H2,1-8H3,(H,27,28). The summed E-state index contributed by atoms with van der Waals surface area (Å²) in [4.78, 5) is 25.0. The van der Waals surface area contributed by atoms with E-state index in [2.05, 4.69) is 0 Å². The molecule has 200 valence electrons. The predicted molar refractivity (Wildman–Crippen MR) is 131 cm³/mol. The highest BCUT2D eigenvalue weighted by Crippen LogP contribution is 2.53. The second-order valence-corrected chi connectivity index (χ2v) is 14.6. The fourth-order valence-corrected chi connectivity index (χ4v) is 7.45. The first-order valence-corrected chi connectivity index (χ1v) is 14.8. The molecular formula is C20H43N5O7P2. The SMILES string of the molecule is CCOC(C)(C)C(=O)N1CCN(P(=O)(OCC2CN(P(=O)(O)N(C)C)CC(C)O2)N(C)C)CC1. The lowest BCUT2D eigenvalue weighted by Crippen LogP contribution is -2.54. The van der Waals surface area contributed by atoms with E-state index in [1.54, 1.807) is 56.3 Å². The molecule has 12 nitrogen and oxygen atoms in total. The van der Waals surface area contributed by atoms with Gasteiger partial charge in [-0.15, -0.1) is 0 Å². The number of ether oxygens (including phenoxy) is 2. The summed E-state index contributed by atoms with van der Waals surface area (Å²) in [6.45, 7) is 9.80. The van der Waals surface area contributed by atoms with E-state index in [-0.39, 0.29) is 25.2 Å². The Bertz CT molecular complexity index is 789. The van der Waals surface area contributed by atoms with Crippen molar-refractivity contribution in [2.45, 2.75) is 45.5 Å². The van der Waals surface area contributed by atoms with Gasteiger partial charge in [0, 0.05) is 45.9 Å². The first kappa shape index (κ1) is 29.8. The van der Waals surface area contributed by atoms with Crippen LogP contribution in [-0.2, 0) is 27.9 Å². The van der Waals surface area contributed by atoms with Gasteiger partial charge in [-0.3, -0.25) is 13.9 Å². The number of rotatable bonds is 10. The van der Waals surface area contributed by atoms with Crippen LogP contribution in [0.15, 0.2) is 0 Å². The van der Waals surface area contributed by atoms with Crippen LogP contribution in [0.2, 0.25) is 0 Å². The third-order valence-electron chi connectivity index (χ3n) is 6.05. The Balaban J connectivity index is 2.03. The van der Waals surface area contributed by atoms with Crippen molar-refractivity contribution in [1.82, 2.24) is 23.6 Å². The topological polar surface area (TPSA) is 115 Å². The van der Waals surface area contributed by atoms with Crippen LogP contribution in [0.1, 0.15) is 27.7 Å². The van der Waals surface area contributed by atoms with E-state index < -0.39 is 27.0 Å². The van der Waals surface area contributed by atoms with Crippen LogP contribution >= 0.6 is 15.3 Å². The number of piperazine rings is 1. The van der Waals surface area contributed by atoms with Crippen molar-refractivity contribution in [2.75, 3.05) is 80.7 Å². The fourth-order valence-electron chi connectivity index (χ4n) is 4.16. The van der Waals surface area contributed by atoms with Crippen molar-refractivity contribution in [3.8, 4) is 0 Å². The molecule has 2 saturated heterocycles. The van der Waals surface area contributed by atoms with Crippen LogP contribution in [0.25, 0.3) is 0 Å². The average molecular weight is 528 g/mol. The van der Waals surface area contributed by atoms with Gasteiger partial charge in [0.15, 0.2) is 0 Å². The lowest BCUT2D eigenvalue weighted by atomic mass is 10.1. The number of hydrogen-bond acceptors (Lipinski definition) is 6. The molecule has 0 aromatic carbocycles. The Labute approximate surface area is 204 Å². The number of carbonyl (C=O) groups excluding carboxylic acids is 1. The number of hydrogen-bond donors (Lipinski definition) is 1. The summed E-state index contributed by atoms with van der Waals surface area (Å²) in [5.74, 6) is -0.0892. The van der Waals surface area contributed by atoms with Crippen molar-refractivity contribution < 1.29 is 32.8 Å². The third-order valence-corrected chi connectivity index (χ3v) is 10.8. The van der Waals surface area contributed by atoms with Crippen LogP contribution in [0.4, 0.5) is 0 Å². The predicted octanol–water partition coefficient (Wildman–Crippen LogP) is 1.38. The first-order chi connectivity index (χ1) is 15.6. The molecule has 1 N–H and O–H groups in total. The minimum Gasteiger partial charge on any atom is -0.370 e. The van der Waals surface area contributed by atoms with E-state index in [0.717, 1.165) is 0 Å². The molecule has 2 fully saturated rings. The lowest BCUT2D eigenvalue weighted by Gasteiger charge is -2.43. The molecule has 2 aliphatic heterocycles. The van der Waals surface area contributed by atoms with Crippen molar-refractivity contribution >= 4 is 21.2 Å². The van der Waals surface area contributed by atoms with Gasteiger partial charge in [-0.2, -0.15) is 0 Å². The largest absolute Gasteiger partial charge is 0.370 e.